The highest BCUT2D eigenvalue weighted by Crippen LogP contribution is 2.20. The number of cyclic esters (lactones) is 1. The Morgan fingerprint density at radius 2 is 2.13 bits per heavy atom. The molecule has 23 heavy (non-hydrogen) atoms. The van der Waals surface area contributed by atoms with Crippen molar-refractivity contribution in [2.45, 2.75) is 32.6 Å². The molecule has 2 rings (SSSR count). The molecule has 1 aliphatic heterocycles. The molecule has 1 fully saturated rings. The molecular weight excluding hydrogens is 290 g/mol. The molecule has 0 saturated carbocycles. The van der Waals surface area contributed by atoms with E-state index in [4.69, 9.17) is 4.74 Å². The van der Waals surface area contributed by atoms with Crippen molar-refractivity contribution in [3.8, 4) is 0 Å². The SMILES string of the molecule is CCCN(C/C=C/c1ccccc1)C(=O)CC[C@H]1CCOC1=O. The number of nitrogens with zero attached hydrogens (tertiary/aromatic N) is 1. The van der Waals surface area contributed by atoms with E-state index >= 15 is 0 Å². The molecule has 1 aromatic carbocycles. The number of hydrogen-bond acceptors (Lipinski definition) is 3. The van der Waals surface area contributed by atoms with Gasteiger partial charge < -0.3 is 9.64 Å². The molecular formula is C19H25NO3. The molecule has 1 amide bonds. The van der Waals surface area contributed by atoms with Gasteiger partial charge in [0, 0.05) is 19.5 Å². The van der Waals surface area contributed by atoms with Gasteiger partial charge >= 0.3 is 5.97 Å². The molecule has 0 unspecified atom stereocenters. The lowest BCUT2D eigenvalue weighted by Crippen LogP contribution is -2.32. The topological polar surface area (TPSA) is 46.6 Å². The van der Waals surface area contributed by atoms with Gasteiger partial charge in [-0.2, -0.15) is 0 Å². The van der Waals surface area contributed by atoms with Crippen LogP contribution >= 0.6 is 0 Å². The molecule has 1 aromatic rings. The predicted octanol–water partition coefficient (Wildman–Crippen LogP) is 3.28. The average Bonchev–Trinajstić information content (AvgIpc) is 2.98. The van der Waals surface area contributed by atoms with Crippen molar-refractivity contribution < 1.29 is 14.3 Å². The zero-order chi connectivity index (χ0) is 16.5. The minimum Gasteiger partial charge on any atom is -0.465 e. The fourth-order valence-electron chi connectivity index (χ4n) is 2.72. The van der Waals surface area contributed by atoms with E-state index in [0.29, 0.717) is 26.0 Å². The Balaban J connectivity index is 1.83. The lowest BCUT2D eigenvalue weighted by molar-refractivity contribution is -0.141. The third-order valence-electron chi connectivity index (χ3n) is 4.03. The van der Waals surface area contributed by atoms with Gasteiger partial charge in [0.05, 0.1) is 12.5 Å². The van der Waals surface area contributed by atoms with Crippen molar-refractivity contribution in [3.63, 3.8) is 0 Å². The second kappa shape index (κ2) is 9.13. The molecule has 1 atom stereocenters. The smallest absolute Gasteiger partial charge is 0.309 e. The Hall–Kier alpha value is -2.10. The summed E-state index contributed by atoms with van der Waals surface area (Å²) in [7, 11) is 0. The minimum atomic E-state index is -0.149. The van der Waals surface area contributed by atoms with Gasteiger partial charge in [-0.25, -0.2) is 0 Å². The molecule has 124 valence electrons. The number of benzene rings is 1. The van der Waals surface area contributed by atoms with Gasteiger partial charge in [-0.15, -0.1) is 0 Å². The van der Waals surface area contributed by atoms with Crippen LogP contribution in [0.15, 0.2) is 36.4 Å². The molecule has 0 aliphatic carbocycles. The lowest BCUT2D eigenvalue weighted by atomic mass is 10.0. The van der Waals surface area contributed by atoms with Crippen molar-refractivity contribution in [2.24, 2.45) is 5.92 Å². The second-order valence-corrected chi connectivity index (χ2v) is 5.84. The van der Waals surface area contributed by atoms with E-state index in [1.807, 2.05) is 47.4 Å². The summed E-state index contributed by atoms with van der Waals surface area (Å²) in [6, 6.07) is 10.0. The van der Waals surface area contributed by atoms with Crippen molar-refractivity contribution in [1.29, 1.82) is 0 Å². The summed E-state index contributed by atoms with van der Waals surface area (Å²) in [6.45, 7) is 3.91. The Morgan fingerprint density at radius 3 is 2.78 bits per heavy atom. The van der Waals surface area contributed by atoms with E-state index in [1.165, 1.54) is 0 Å². The summed E-state index contributed by atoms with van der Waals surface area (Å²) in [5, 5.41) is 0. The number of carbonyl (C=O) groups is 2. The van der Waals surface area contributed by atoms with Gasteiger partial charge in [0.25, 0.3) is 0 Å². The molecule has 4 heteroatoms. The number of amides is 1. The Bertz CT molecular complexity index is 539. The standard InChI is InChI=1S/C19H25NO3/c1-2-13-20(14-6-9-16-7-4-3-5-8-16)18(21)11-10-17-12-15-23-19(17)22/h3-9,17H,2,10-15H2,1H3/b9-6+/t17-/m0/s1. The van der Waals surface area contributed by atoms with Gasteiger partial charge in [-0.05, 0) is 24.8 Å². The summed E-state index contributed by atoms with van der Waals surface area (Å²) in [4.78, 5) is 25.7. The highest BCUT2D eigenvalue weighted by molar-refractivity contribution is 5.78. The highest BCUT2D eigenvalue weighted by atomic mass is 16.5. The van der Waals surface area contributed by atoms with E-state index in [-0.39, 0.29) is 17.8 Å². The van der Waals surface area contributed by atoms with Crippen LogP contribution in [0, 0.1) is 5.92 Å². The molecule has 0 spiro atoms. The Labute approximate surface area is 138 Å². The minimum absolute atomic E-state index is 0.0951. The third-order valence-corrected chi connectivity index (χ3v) is 4.03. The molecule has 0 aromatic heterocycles. The first kappa shape index (κ1) is 17.3. The third kappa shape index (κ3) is 5.55. The van der Waals surface area contributed by atoms with E-state index < -0.39 is 0 Å². The van der Waals surface area contributed by atoms with Crippen LogP contribution in [0.2, 0.25) is 0 Å². The van der Waals surface area contributed by atoms with Crippen LogP contribution < -0.4 is 0 Å². The molecule has 1 saturated heterocycles. The Kier molecular flexibility index (Phi) is 6.85. The van der Waals surface area contributed by atoms with Gasteiger partial charge in [-0.3, -0.25) is 9.59 Å². The maximum Gasteiger partial charge on any atom is 0.309 e. The van der Waals surface area contributed by atoms with Gasteiger partial charge in [0.1, 0.15) is 0 Å². The zero-order valence-corrected chi connectivity index (χ0v) is 13.7. The summed E-state index contributed by atoms with van der Waals surface area (Å²) in [5.41, 5.74) is 1.13. The largest absolute Gasteiger partial charge is 0.465 e. The van der Waals surface area contributed by atoms with Gasteiger partial charge in [-0.1, -0.05) is 49.4 Å². The maximum absolute atomic E-state index is 12.4. The number of esters is 1. The fraction of sp³-hybridized carbons (Fsp3) is 0.474. The van der Waals surface area contributed by atoms with Crippen LogP contribution in [-0.2, 0) is 14.3 Å². The zero-order valence-electron chi connectivity index (χ0n) is 13.7. The summed E-state index contributed by atoms with van der Waals surface area (Å²) < 4.78 is 4.94. The van der Waals surface area contributed by atoms with Gasteiger partial charge in [0.15, 0.2) is 0 Å². The molecule has 0 radical (unpaired) electrons. The van der Waals surface area contributed by atoms with Crippen molar-refractivity contribution in [2.75, 3.05) is 19.7 Å². The van der Waals surface area contributed by atoms with E-state index in [0.717, 1.165) is 24.9 Å². The van der Waals surface area contributed by atoms with Crippen LogP contribution in [0.1, 0.15) is 38.2 Å². The molecule has 0 N–H and O–H groups in total. The number of carbonyl (C=O) groups excluding carboxylic acids is 2. The van der Waals surface area contributed by atoms with E-state index in [9.17, 15) is 9.59 Å². The van der Waals surface area contributed by atoms with Crippen LogP contribution in [0.3, 0.4) is 0 Å². The first-order valence-corrected chi connectivity index (χ1v) is 8.36. The first-order valence-electron chi connectivity index (χ1n) is 8.36. The summed E-state index contributed by atoms with van der Waals surface area (Å²) in [6.07, 6.45) is 6.74. The predicted molar refractivity (Wildman–Crippen MR) is 90.6 cm³/mol. The van der Waals surface area contributed by atoms with Crippen LogP contribution in [-0.4, -0.2) is 36.5 Å². The van der Waals surface area contributed by atoms with Gasteiger partial charge in [0.2, 0.25) is 5.91 Å². The molecule has 4 nitrogen and oxygen atoms in total. The highest BCUT2D eigenvalue weighted by Gasteiger charge is 2.27. The number of rotatable bonds is 8. The maximum atomic E-state index is 12.4. The van der Waals surface area contributed by atoms with Crippen molar-refractivity contribution in [1.82, 2.24) is 4.90 Å². The van der Waals surface area contributed by atoms with E-state index in [1.54, 1.807) is 0 Å². The normalized spacial score (nSPS) is 17.4. The van der Waals surface area contributed by atoms with Crippen LogP contribution in [0.25, 0.3) is 6.08 Å². The first-order chi connectivity index (χ1) is 11.2. The number of ether oxygens (including phenoxy) is 1. The number of hydrogen-bond donors (Lipinski definition) is 0. The van der Waals surface area contributed by atoms with E-state index in [2.05, 4.69) is 6.92 Å². The van der Waals surface area contributed by atoms with Crippen molar-refractivity contribution >= 4 is 18.0 Å². The molecule has 1 aliphatic rings. The van der Waals surface area contributed by atoms with Crippen LogP contribution in [0.5, 0.6) is 0 Å². The fourth-order valence-corrected chi connectivity index (χ4v) is 2.72. The Morgan fingerprint density at radius 1 is 1.35 bits per heavy atom. The van der Waals surface area contributed by atoms with Crippen LogP contribution in [0.4, 0.5) is 0 Å². The quantitative estimate of drug-likeness (QED) is 0.692. The summed E-state index contributed by atoms with van der Waals surface area (Å²) in [5.74, 6) is -0.129. The second-order valence-electron chi connectivity index (χ2n) is 5.84. The average molecular weight is 315 g/mol. The lowest BCUT2D eigenvalue weighted by Gasteiger charge is -2.21. The molecule has 0 bridgehead atoms. The van der Waals surface area contributed by atoms with Crippen molar-refractivity contribution in [3.05, 3.63) is 42.0 Å². The monoisotopic (exact) mass is 315 g/mol. The molecule has 1 heterocycles. The summed E-state index contributed by atoms with van der Waals surface area (Å²) >= 11 is 0.